The Morgan fingerprint density at radius 2 is 1.69 bits per heavy atom. The first-order chi connectivity index (χ1) is 16.9. The number of likely N-dealkylation sites (tertiary alicyclic amines) is 1. The maximum Gasteiger partial charge on any atom is 0.261 e. The van der Waals surface area contributed by atoms with Gasteiger partial charge in [0.25, 0.3) is 11.8 Å². The Hall–Kier alpha value is -3.92. The predicted octanol–water partition coefficient (Wildman–Crippen LogP) is 2.93. The van der Waals surface area contributed by atoms with Crippen molar-refractivity contribution in [3.63, 3.8) is 0 Å². The molecule has 178 valence electrons. The van der Waals surface area contributed by atoms with Crippen molar-refractivity contribution in [2.75, 3.05) is 18.4 Å². The number of imide groups is 1. The molecule has 1 N–H and O–H groups in total. The van der Waals surface area contributed by atoms with Gasteiger partial charge in [-0.1, -0.05) is 53.8 Å². The quantitative estimate of drug-likeness (QED) is 0.511. The normalized spacial score (nSPS) is 18.2. The Morgan fingerprint density at radius 3 is 2.37 bits per heavy atom. The molecular weight excluding hydrogens is 466 g/mol. The molecule has 2 unspecified atom stereocenters. The molecule has 0 spiro atoms. The van der Waals surface area contributed by atoms with Crippen molar-refractivity contribution in [1.29, 1.82) is 0 Å². The van der Waals surface area contributed by atoms with Crippen LogP contribution in [-0.4, -0.2) is 56.7 Å². The van der Waals surface area contributed by atoms with Crippen LogP contribution >= 0.6 is 11.3 Å². The van der Waals surface area contributed by atoms with E-state index in [9.17, 15) is 19.2 Å². The van der Waals surface area contributed by atoms with Gasteiger partial charge < -0.3 is 10.2 Å². The molecule has 3 aromatic rings. The van der Waals surface area contributed by atoms with Crippen LogP contribution in [0.4, 0.5) is 5.13 Å². The Balaban J connectivity index is 1.16. The maximum absolute atomic E-state index is 12.8. The second-order valence-corrected chi connectivity index (χ2v) is 9.64. The maximum atomic E-state index is 12.8. The molecular formula is C25H23N5O4S. The lowest BCUT2D eigenvalue weighted by Gasteiger charge is -2.25. The predicted molar refractivity (Wildman–Crippen MR) is 129 cm³/mol. The second kappa shape index (κ2) is 9.38. The number of anilines is 1. The summed E-state index contributed by atoms with van der Waals surface area (Å²) in [5.74, 6) is -1.43. The molecule has 2 atom stereocenters. The minimum atomic E-state index is -0.473. The number of hydrogen-bond acceptors (Lipinski definition) is 7. The molecule has 0 aliphatic carbocycles. The molecule has 1 fully saturated rings. The molecule has 5 rings (SSSR count). The topological polar surface area (TPSA) is 113 Å². The highest BCUT2D eigenvalue weighted by atomic mass is 32.1. The van der Waals surface area contributed by atoms with Crippen LogP contribution in [0.3, 0.4) is 0 Å². The standard InChI is InChI=1S/C25H23N5O4S/c1-15(16-7-3-2-4-8-16)30-14-17(13-21(30)31)22(32)26-25-28-27-20(35-25)11-12-29-23(33)18-9-5-6-10-19(18)24(29)34/h2-10,15,17H,11-14H2,1H3,(H,26,28,32). The van der Waals surface area contributed by atoms with E-state index in [-0.39, 0.29) is 42.6 Å². The van der Waals surface area contributed by atoms with E-state index in [4.69, 9.17) is 0 Å². The molecule has 3 heterocycles. The highest BCUT2D eigenvalue weighted by Gasteiger charge is 2.37. The molecule has 2 aromatic carbocycles. The highest BCUT2D eigenvalue weighted by Crippen LogP contribution is 2.29. The van der Waals surface area contributed by atoms with Crippen molar-refractivity contribution < 1.29 is 19.2 Å². The van der Waals surface area contributed by atoms with Gasteiger partial charge in [-0.3, -0.25) is 24.1 Å². The van der Waals surface area contributed by atoms with Gasteiger partial charge in [0, 0.05) is 25.9 Å². The summed E-state index contributed by atoms with van der Waals surface area (Å²) in [6.45, 7) is 2.48. The van der Waals surface area contributed by atoms with Crippen molar-refractivity contribution in [3.05, 3.63) is 76.3 Å². The van der Waals surface area contributed by atoms with E-state index in [1.165, 1.54) is 16.2 Å². The SMILES string of the molecule is CC(c1ccccc1)N1CC(C(=O)Nc2nnc(CCN3C(=O)c4ccccc4C3=O)s2)CC1=O. The number of fused-ring (bicyclic) bond motifs is 1. The molecule has 0 radical (unpaired) electrons. The van der Waals surface area contributed by atoms with Gasteiger partial charge in [-0.05, 0) is 24.6 Å². The van der Waals surface area contributed by atoms with Gasteiger partial charge in [0.05, 0.1) is 23.1 Å². The monoisotopic (exact) mass is 489 g/mol. The number of benzene rings is 2. The number of amides is 4. The molecule has 4 amide bonds. The lowest BCUT2D eigenvalue weighted by molar-refractivity contribution is -0.129. The van der Waals surface area contributed by atoms with Crippen LogP contribution in [0.1, 0.15) is 50.7 Å². The van der Waals surface area contributed by atoms with Crippen LogP contribution < -0.4 is 5.32 Å². The van der Waals surface area contributed by atoms with Gasteiger partial charge in [-0.2, -0.15) is 0 Å². The number of carbonyl (C=O) groups excluding carboxylic acids is 4. The summed E-state index contributed by atoms with van der Waals surface area (Å²) < 4.78 is 0. The molecule has 1 aromatic heterocycles. The highest BCUT2D eigenvalue weighted by molar-refractivity contribution is 7.15. The smallest absolute Gasteiger partial charge is 0.261 e. The van der Waals surface area contributed by atoms with E-state index < -0.39 is 5.92 Å². The molecule has 2 aliphatic rings. The molecule has 10 heteroatoms. The lowest BCUT2D eigenvalue weighted by atomic mass is 10.1. The number of hydrogen-bond donors (Lipinski definition) is 1. The summed E-state index contributed by atoms with van der Waals surface area (Å²) in [7, 11) is 0. The first-order valence-corrected chi connectivity index (χ1v) is 12.2. The third-order valence-electron chi connectivity index (χ3n) is 6.40. The van der Waals surface area contributed by atoms with E-state index in [1.54, 1.807) is 29.2 Å². The molecule has 1 saturated heterocycles. The fraction of sp³-hybridized carbons (Fsp3) is 0.280. The first-order valence-electron chi connectivity index (χ1n) is 11.3. The van der Waals surface area contributed by atoms with Crippen molar-refractivity contribution >= 4 is 40.1 Å². The molecule has 2 aliphatic heterocycles. The van der Waals surface area contributed by atoms with Crippen LogP contribution in [0.15, 0.2) is 54.6 Å². The first kappa shape index (κ1) is 22.9. The lowest BCUT2D eigenvalue weighted by Crippen LogP contribution is -2.31. The third kappa shape index (κ3) is 4.44. The largest absolute Gasteiger partial charge is 0.335 e. The molecule has 35 heavy (non-hydrogen) atoms. The zero-order valence-electron chi connectivity index (χ0n) is 19.0. The molecule has 0 saturated carbocycles. The van der Waals surface area contributed by atoms with E-state index in [2.05, 4.69) is 15.5 Å². The minimum Gasteiger partial charge on any atom is -0.335 e. The molecule has 9 nitrogen and oxygen atoms in total. The Morgan fingerprint density at radius 1 is 1.03 bits per heavy atom. The van der Waals surface area contributed by atoms with Crippen LogP contribution in [0.2, 0.25) is 0 Å². The Bertz CT molecular complexity index is 1270. The van der Waals surface area contributed by atoms with Gasteiger partial charge in [0.2, 0.25) is 16.9 Å². The van der Waals surface area contributed by atoms with E-state index in [0.717, 1.165) is 5.56 Å². The third-order valence-corrected chi connectivity index (χ3v) is 7.30. The van der Waals surface area contributed by atoms with Crippen LogP contribution in [0.5, 0.6) is 0 Å². The van der Waals surface area contributed by atoms with Crippen LogP contribution in [0.25, 0.3) is 0 Å². The number of nitrogens with one attached hydrogen (secondary N) is 1. The van der Waals surface area contributed by atoms with Crippen molar-refractivity contribution in [3.8, 4) is 0 Å². The molecule has 0 bridgehead atoms. The summed E-state index contributed by atoms with van der Waals surface area (Å²) in [6.07, 6.45) is 0.484. The number of rotatable bonds is 7. The van der Waals surface area contributed by atoms with Gasteiger partial charge in [0.1, 0.15) is 5.01 Å². The van der Waals surface area contributed by atoms with Crippen molar-refractivity contribution in [1.82, 2.24) is 20.0 Å². The second-order valence-electron chi connectivity index (χ2n) is 8.58. The van der Waals surface area contributed by atoms with E-state index in [0.29, 0.717) is 34.2 Å². The fourth-order valence-electron chi connectivity index (χ4n) is 4.46. The number of nitrogens with zero attached hydrogens (tertiary/aromatic N) is 4. The Kier molecular flexibility index (Phi) is 6.12. The zero-order valence-corrected chi connectivity index (χ0v) is 19.8. The van der Waals surface area contributed by atoms with Gasteiger partial charge in [-0.25, -0.2) is 0 Å². The number of carbonyl (C=O) groups is 4. The van der Waals surface area contributed by atoms with E-state index >= 15 is 0 Å². The van der Waals surface area contributed by atoms with Gasteiger partial charge in [0.15, 0.2) is 0 Å². The summed E-state index contributed by atoms with van der Waals surface area (Å²) in [5.41, 5.74) is 1.84. The Labute approximate surface area is 205 Å². The van der Waals surface area contributed by atoms with E-state index in [1.807, 2.05) is 37.3 Å². The summed E-state index contributed by atoms with van der Waals surface area (Å²) in [5, 5.41) is 11.8. The zero-order chi connectivity index (χ0) is 24.5. The summed E-state index contributed by atoms with van der Waals surface area (Å²) in [4.78, 5) is 53.3. The number of aromatic nitrogens is 2. The van der Waals surface area contributed by atoms with Gasteiger partial charge >= 0.3 is 0 Å². The summed E-state index contributed by atoms with van der Waals surface area (Å²) in [6, 6.07) is 16.3. The summed E-state index contributed by atoms with van der Waals surface area (Å²) >= 11 is 1.19. The van der Waals surface area contributed by atoms with Gasteiger partial charge in [-0.15, -0.1) is 10.2 Å². The average Bonchev–Trinajstić information content (AvgIpc) is 3.55. The van der Waals surface area contributed by atoms with Crippen LogP contribution in [0, 0.1) is 5.92 Å². The van der Waals surface area contributed by atoms with Crippen molar-refractivity contribution in [2.45, 2.75) is 25.8 Å². The fourth-order valence-corrected chi connectivity index (χ4v) is 5.19. The van der Waals surface area contributed by atoms with Crippen molar-refractivity contribution in [2.24, 2.45) is 5.92 Å². The minimum absolute atomic E-state index is 0.0552. The van der Waals surface area contributed by atoms with Crippen LogP contribution in [-0.2, 0) is 16.0 Å². The average molecular weight is 490 g/mol.